The summed E-state index contributed by atoms with van der Waals surface area (Å²) in [5.41, 5.74) is 1.16. The third-order valence-electron chi connectivity index (χ3n) is 4.44. The number of ether oxygens (including phenoxy) is 2. The zero-order chi connectivity index (χ0) is 15.7. The van der Waals surface area contributed by atoms with E-state index < -0.39 is 11.8 Å². The summed E-state index contributed by atoms with van der Waals surface area (Å²) < 4.78 is 11.5. The van der Waals surface area contributed by atoms with Gasteiger partial charge in [0.1, 0.15) is 12.1 Å². The second-order valence-electron chi connectivity index (χ2n) is 6.46. The van der Waals surface area contributed by atoms with Crippen LogP contribution < -0.4 is 0 Å². The normalized spacial score (nSPS) is 31.5. The molecule has 0 spiro atoms. The molecule has 120 valence electrons. The summed E-state index contributed by atoms with van der Waals surface area (Å²) in [6.07, 6.45) is 0.307. The van der Waals surface area contributed by atoms with Crippen molar-refractivity contribution in [2.75, 3.05) is 13.2 Å². The molecule has 3 rings (SSSR count). The fourth-order valence-electron chi connectivity index (χ4n) is 3.46. The molecule has 6 heteroatoms. The molecule has 0 aromatic heterocycles. The lowest BCUT2D eigenvalue weighted by atomic mass is 10.0. The Morgan fingerprint density at radius 2 is 2.09 bits per heavy atom. The molecule has 6 nitrogen and oxygen atoms in total. The van der Waals surface area contributed by atoms with Crippen molar-refractivity contribution in [3.8, 4) is 0 Å². The quantitative estimate of drug-likeness (QED) is 0.629. The highest BCUT2D eigenvalue weighted by Crippen LogP contribution is 2.33. The third-order valence-corrected chi connectivity index (χ3v) is 4.44. The molecule has 0 saturated carbocycles. The van der Waals surface area contributed by atoms with E-state index >= 15 is 0 Å². The average Bonchev–Trinajstić information content (AvgIpc) is 3.03. The summed E-state index contributed by atoms with van der Waals surface area (Å²) in [7, 11) is 0. The van der Waals surface area contributed by atoms with Crippen LogP contribution >= 0.6 is 0 Å². The predicted molar refractivity (Wildman–Crippen MR) is 80.9 cm³/mol. The maximum atomic E-state index is 11.4. The Morgan fingerprint density at radius 3 is 2.68 bits per heavy atom. The first-order chi connectivity index (χ1) is 10.5. The van der Waals surface area contributed by atoms with Gasteiger partial charge in [0.15, 0.2) is 5.79 Å². The van der Waals surface area contributed by atoms with Gasteiger partial charge < -0.3 is 9.47 Å². The van der Waals surface area contributed by atoms with E-state index in [1.54, 1.807) is 0 Å². The smallest absolute Gasteiger partial charge is 0.232 e. The van der Waals surface area contributed by atoms with Crippen LogP contribution in [0.2, 0.25) is 0 Å². The van der Waals surface area contributed by atoms with E-state index in [4.69, 9.17) is 9.47 Å². The minimum Gasteiger partial charge on any atom is -0.348 e. The van der Waals surface area contributed by atoms with E-state index in [1.165, 1.54) is 0 Å². The van der Waals surface area contributed by atoms with Crippen LogP contribution in [0.1, 0.15) is 25.8 Å². The number of likely N-dealkylation sites (tertiary alicyclic amines) is 1. The highest BCUT2D eigenvalue weighted by atomic mass is 16.7. The molecule has 22 heavy (non-hydrogen) atoms. The van der Waals surface area contributed by atoms with Crippen molar-refractivity contribution in [1.29, 1.82) is 0 Å². The molecule has 2 heterocycles. The number of hydrogen-bond donors (Lipinski definition) is 0. The molecule has 2 aliphatic heterocycles. The van der Waals surface area contributed by atoms with Gasteiger partial charge in [0, 0.05) is 24.4 Å². The Balaban J connectivity index is 1.78. The Labute approximate surface area is 130 Å². The van der Waals surface area contributed by atoms with Crippen molar-refractivity contribution in [3.63, 3.8) is 0 Å². The first kappa shape index (κ1) is 15.4. The first-order valence-corrected chi connectivity index (χ1v) is 7.69. The summed E-state index contributed by atoms with van der Waals surface area (Å²) in [5, 5.41) is 11.4. The fraction of sp³-hybridized carbons (Fsp3) is 0.625. The molecule has 2 fully saturated rings. The van der Waals surface area contributed by atoms with Crippen LogP contribution in [0.15, 0.2) is 30.3 Å². The lowest BCUT2D eigenvalue weighted by Gasteiger charge is -2.29. The van der Waals surface area contributed by atoms with Crippen LogP contribution in [0.4, 0.5) is 0 Å². The van der Waals surface area contributed by atoms with Crippen molar-refractivity contribution < 1.29 is 14.4 Å². The van der Waals surface area contributed by atoms with Gasteiger partial charge in [-0.05, 0) is 19.4 Å². The van der Waals surface area contributed by atoms with Crippen LogP contribution in [0.25, 0.3) is 0 Å². The van der Waals surface area contributed by atoms with Crippen LogP contribution in [-0.4, -0.2) is 46.9 Å². The van der Waals surface area contributed by atoms with Gasteiger partial charge in [-0.15, -0.1) is 0 Å². The number of hydrogen-bond acceptors (Lipinski definition) is 5. The van der Waals surface area contributed by atoms with Gasteiger partial charge in [-0.1, -0.05) is 30.3 Å². The monoisotopic (exact) mass is 306 g/mol. The number of benzene rings is 1. The molecule has 0 N–H and O–H groups in total. The number of nitro groups is 1. The van der Waals surface area contributed by atoms with Crippen LogP contribution in [0.5, 0.6) is 0 Å². The van der Waals surface area contributed by atoms with Crippen molar-refractivity contribution >= 4 is 0 Å². The molecule has 2 saturated heterocycles. The van der Waals surface area contributed by atoms with E-state index in [9.17, 15) is 10.1 Å². The van der Waals surface area contributed by atoms with Crippen molar-refractivity contribution in [2.45, 2.75) is 50.8 Å². The molecule has 0 bridgehead atoms. The summed E-state index contributed by atoms with van der Waals surface area (Å²) in [6.45, 7) is 5.53. The molecular formula is C16H22N2O4. The molecule has 0 radical (unpaired) electrons. The van der Waals surface area contributed by atoms with Crippen molar-refractivity contribution in [1.82, 2.24) is 4.90 Å². The van der Waals surface area contributed by atoms with Crippen LogP contribution in [0.3, 0.4) is 0 Å². The summed E-state index contributed by atoms with van der Waals surface area (Å²) in [4.78, 5) is 13.4. The minimum absolute atomic E-state index is 0.162. The Bertz CT molecular complexity index is 534. The van der Waals surface area contributed by atoms with E-state index in [0.29, 0.717) is 26.1 Å². The van der Waals surface area contributed by atoms with E-state index in [0.717, 1.165) is 5.56 Å². The maximum Gasteiger partial charge on any atom is 0.232 e. The first-order valence-electron chi connectivity index (χ1n) is 7.69. The van der Waals surface area contributed by atoms with E-state index in [-0.39, 0.29) is 17.1 Å². The molecule has 3 atom stereocenters. The summed E-state index contributed by atoms with van der Waals surface area (Å²) in [5.74, 6) is -0.660. The standard InChI is InChI=1S/C16H22N2O4/c1-16(2)21-11-14(22-16)15-13(18(19)20)8-9-17(15)10-12-6-4-3-5-7-12/h3-7,13-15H,8-11H2,1-2H3/t13-,14+,15-/m0/s1. The van der Waals surface area contributed by atoms with Crippen molar-refractivity contribution in [2.24, 2.45) is 0 Å². The van der Waals surface area contributed by atoms with E-state index in [1.807, 2.05) is 44.2 Å². The van der Waals surface area contributed by atoms with Gasteiger partial charge in [-0.25, -0.2) is 0 Å². The number of rotatable bonds is 4. The summed E-state index contributed by atoms with van der Waals surface area (Å²) >= 11 is 0. The zero-order valence-corrected chi connectivity index (χ0v) is 13.0. The van der Waals surface area contributed by atoms with Gasteiger partial charge in [0.05, 0.1) is 6.61 Å². The Morgan fingerprint density at radius 1 is 1.36 bits per heavy atom. The molecule has 0 amide bonds. The average molecular weight is 306 g/mol. The maximum absolute atomic E-state index is 11.4. The van der Waals surface area contributed by atoms with Gasteiger partial charge in [0.25, 0.3) is 0 Å². The topological polar surface area (TPSA) is 64.8 Å². The second kappa shape index (κ2) is 5.95. The molecule has 0 aliphatic carbocycles. The SMILES string of the molecule is CC1(C)OC[C@H]([C@@H]2[C@@H]([N+](=O)[O-])CCN2Cc2ccccc2)O1. The van der Waals surface area contributed by atoms with Gasteiger partial charge in [-0.3, -0.25) is 15.0 Å². The number of nitrogens with zero attached hydrogens (tertiary/aromatic N) is 2. The van der Waals surface area contributed by atoms with Gasteiger partial charge in [0.2, 0.25) is 6.04 Å². The molecule has 0 unspecified atom stereocenters. The molecule has 2 aliphatic rings. The lowest BCUT2D eigenvalue weighted by molar-refractivity contribution is -0.526. The Kier molecular flexibility index (Phi) is 4.16. The minimum atomic E-state index is -0.660. The van der Waals surface area contributed by atoms with Crippen molar-refractivity contribution in [3.05, 3.63) is 46.0 Å². The Hall–Kier alpha value is -1.50. The van der Waals surface area contributed by atoms with Gasteiger partial charge >= 0.3 is 0 Å². The summed E-state index contributed by atoms with van der Waals surface area (Å²) in [6, 6.07) is 9.22. The van der Waals surface area contributed by atoms with Gasteiger partial charge in [-0.2, -0.15) is 0 Å². The molecule has 1 aromatic carbocycles. The van der Waals surface area contributed by atoms with E-state index in [2.05, 4.69) is 4.90 Å². The van der Waals surface area contributed by atoms with Crippen LogP contribution in [-0.2, 0) is 16.0 Å². The predicted octanol–water partition coefficient (Wildman–Crippen LogP) is 2.06. The highest BCUT2D eigenvalue weighted by molar-refractivity contribution is 5.15. The van der Waals surface area contributed by atoms with Crippen LogP contribution in [0, 0.1) is 10.1 Å². The molecule has 1 aromatic rings. The zero-order valence-electron chi connectivity index (χ0n) is 13.0. The lowest BCUT2D eigenvalue weighted by Crippen LogP contribution is -2.48. The second-order valence-corrected chi connectivity index (χ2v) is 6.46. The molecular weight excluding hydrogens is 284 g/mol. The third kappa shape index (κ3) is 3.14. The fourth-order valence-corrected chi connectivity index (χ4v) is 3.46. The highest BCUT2D eigenvalue weighted by Gasteiger charge is 2.51. The largest absolute Gasteiger partial charge is 0.348 e.